The third-order valence-electron chi connectivity index (χ3n) is 4.17. The molecule has 2 aromatic carbocycles. The van der Waals surface area contributed by atoms with Crippen molar-refractivity contribution in [2.75, 3.05) is 7.11 Å². The zero-order chi connectivity index (χ0) is 17.9. The number of ether oxygens (including phenoxy) is 2. The van der Waals surface area contributed by atoms with Crippen LogP contribution in [0.5, 0.6) is 11.5 Å². The van der Waals surface area contributed by atoms with Gasteiger partial charge in [0.25, 0.3) is 0 Å². The summed E-state index contributed by atoms with van der Waals surface area (Å²) in [4.78, 5) is 11.9. The van der Waals surface area contributed by atoms with Gasteiger partial charge in [0, 0.05) is 0 Å². The number of methoxy groups -OCH3 is 1. The fourth-order valence-corrected chi connectivity index (χ4v) is 2.78. The van der Waals surface area contributed by atoms with E-state index in [0.717, 1.165) is 23.3 Å². The van der Waals surface area contributed by atoms with Gasteiger partial charge in [-0.1, -0.05) is 18.2 Å². The van der Waals surface area contributed by atoms with Crippen LogP contribution in [0, 0.1) is 20.8 Å². The van der Waals surface area contributed by atoms with Crippen molar-refractivity contribution in [3.8, 4) is 11.5 Å². The lowest BCUT2D eigenvalue weighted by Crippen LogP contribution is -2.31. The summed E-state index contributed by atoms with van der Waals surface area (Å²) < 4.78 is 10.7. The molecule has 2 rings (SSSR count). The Labute approximate surface area is 143 Å². The molecule has 0 fully saturated rings. The third-order valence-corrected chi connectivity index (χ3v) is 4.17. The molecule has 2 aromatic rings. The minimum Gasteiger partial charge on any atom is -0.497 e. The lowest BCUT2D eigenvalue weighted by Gasteiger charge is -2.18. The molecule has 2 N–H and O–H groups in total. The first-order chi connectivity index (χ1) is 11.3. The van der Waals surface area contributed by atoms with Crippen LogP contribution < -0.4 is 15.2 Å². The summed E-state index contributed by atoms with van der Waals surface area (Å²) in [7, 11) is 1.66. The summed E-state index contributed by atoms with van der Waals surface area (Å²) in [6.45, 7) is 7.64. The monoisotopic (exact) mass is 327 g/mol. The second-order valence-corrected chi connectivity index (χ2v) is 6.18. The molecule has 0 aliphatic heterocycles. The van der Waals surface area contributed by atoms with E-state index in [2.05, 4.69) is 13.0 Å². The Morgan fingerprint density at radius 1 is 1.12 bits per heavy atom. The van der Waals surface area contributed by atoms with E-state index in [-0.39, 0.29) is 0 Å². The Morgan fingerprint density at radius 2 is 1.75 bits per heavy atom. The molecule has 0 aliphatic rings. The first kappa shape index (κ1) is 18.0. The molecule has 0 bridgehead atoms. The fraction of sp³-hybridized carbons (Fsp3) is 0.350. The summed E-state index contributed by atoms with van der Waals surface area (Å²) in [5, 5.41) is 0. The van der Waals surface area contributed by atoms with E-state index in [4.69, 9.17) is 15.2 Å². The lowest BCUT2D eigenvalue weighted by molar-refractivity contribution is -0.135. The maximum Gasteiger partial charge on any atom is 0.328 e. The number of esters is 1. The summed E-state index contributed by atoms with van der Waals surface area (Å²) >= 11 is 0. The van der Waals surface area contributed by atoms with Gasteiger partial charge in [-0.3, -0.25) is 0 Å². The van der Waals surface area contributed by atoms with Gasteiger partial charge in [0.2, 0.25) is 0 Å². The second kappa shape index (κ2) is 7.49. The molecule has 0 saturated carbocycles. The molecule has 1 atom stereocenters. The normalized spacial score (nSPS) is 11.9. The summed E-state index contributed by atoms with van der Waals surface area (Å²) in [5.41, 5.74) is 11.1. The molecule has 0 heterocycles. The fourth-order valence-electron chi connectivity index (χ4n) is 2.78. The minimum atomic E-state index is -0.643. The Hall–Kier alpha value is -2.33. The Balaban J connectivity index is 2.36. The highest BCUT2D eigenvalue weighted by molar-refractivity contribution is 5.78. The van der Waals surface area contributed by atoms with Crippen molar-refractivity contribution in [1.82, 2.24) is 0 Å². The third kappa shape index (κ3) is 3.95. The van der Waals surface area contributed by atoms with Crippen LogP contribution in [0.4, 0.5) is 0 Å². The first-order valence-electron chi connectivity index (χ1n) is 8.03. The molecule has 0 aliphatic carbocycles. The van der Waals surface area contributed by atoms with Crippen LogP contribution >= 0.6 is 0 Å². The largest absolute Gasteiger partial charge is 0.497 e. The van der Waals surface area contributed by atoms with Gasteiger partial charge in [-0.25, -0.2) is 4.79 Å². The molecular weight excluding hydrogens is 302 g/mol. The number of carbonyl (C=O) groups is 1. The van der Waals surface area contributed by atoms with E-state index in [0.29, 0.717) is 5.75 Å². The van der Waals surface area contributed by atoms with Gasteiger partial charge in [-0.2, -0.15) is 0 Å². The van der Waals surface area contributed by atoms with E-state index in [1.54, 1.807) is 14.0 Å². The highest BCUT2D eigenvalue weighted by Gasteiger charge is 2.17. The summed E-state index contributed by atoms with van der Waals surface area (Å²) in [6.07, 6.45) is 0.769. The van der Waals surface area contributed by atoms with E-state index in [9.17, 15) is 4.79 Å². The maximum absolute atomic E-state index is 11.9. The molecule has 0 spiro atoms. The number of nitrogens with two attached hydrogens (primary N) is 1. The van der Waals surface area contributed by atoms with E-state index < -0.39 is 12.0 Å². The molecular formula is C20H25NO3. The average molecular weight is 327 g/mol. The van der Waals surface area contributed by atoms with Gasteiger partial charge in [0.05, 0.1) is 7.11 Å². The van der Waals surface area contributed by atoms with Crippen LogP contribution in [0.15, 0.2) is 30.3 Å². The molecule has 128 valence electrons. The Kier molecular flexibility index (Phi) is 5.62. The standard InChI is InChI=1S/C20H25NO3/c1-12-10-13(2)19(24-20(22)15(4)21)14(3)18(12)11-16-6-8-17(23-5)9-7-16/h6-10,15H,11,21H2,1-5H3/t15-/m0/s1. The Bertz CT molecular complexity index is 734. The maximum atomic E-state index is 11.9. The number of rotatable bonds is 5. The van der Waals surface area contributed by atoms with Crippen LogP contribution in [0.2, 0.25) is 0 Å². The number of carbonyl (C=O) groups excluding carboxylic acids is 1. The van der Waals surface area contributed by atoms with E-state index >= 15 is 0 Å². The van der Waals surface area contributed by atoms with Gasteiger partial charge >= 0.3 is 5.97 Å². The highest BCUT2D eigenvalue weighted by atomic mass is 16.5. The van der Waals surface area contributed by atoms with E-state index in [1.165, 1.54) is 16.7 Å². The predicted octanol–water partition coefficient (Wildman–Crippen LogP) is 3.46. The second-order valence-electron chi connectivity index (χ2n) is 6.18. The van der Waals surface area contributed by atoms with Crippen LogP contribution in [-0.4, -0.2) is 19.1 Å². The van der Waals surface area contributed by atoms with Crippen molar-refractivity contribution in [2.24, 2.45) is 5.73 Å². The van der Waals surface area contributed by atoms with Crippen molar-refractivity contribution in [3.63, 3.8) is 0 Å². The Morgan fingerprint density at radius 3 is 2.29 bits per heavy atom. The van der Waals surface area contributed by atoms with Gasteiger partial charge in [-0.15, -0.1) is 0 Å². The molecule has 4 nitrogen and oxygen atoms in total. The molecule has 0 saturated heterocycles. The average Bonchev–Trinajstić information content (AvgIpc) is 2.55. The number of hydrogen-bond acceptors (Lipinski definition) is 4. The SMILES string of the molecule is COc1ccc(Cc2c(C)cc(C)c(OC(=O)[C@H](C)N)c2C)cc1. The van der Waals surface area contributed by atoms with Gasteiger partial charge in [-0.05, 0) is 74.1 Å². The molecule has 0 unspecified atom stereocenters. The first-order valence-corrected chi connectivity index (χ1v) is 8.03. The van der Waals surface area contributed by atoms with Gasteiger partial charge in [0.1, 0.15) is 17.5 Å². The van der Waals surface area contributed by atoms with Crippen molar-refractivity contribution in [1.29, 1.82) is 0 Å². The zero-order valence-corrected chi connectivity index (χ0v) is 15.0. The number of benzene rings is 2. The number of hydrogen-bond donors (Lipinski definition) is 1. The predicted molar refractivity (Wildman–Crippen MR) is 95.7 cm³/mol. The highest BCUT2D eigenvalue weighted by Crippen LogP contribution is 2.31. The molecule has 24 heavy (non-hydrogen) atoms. The van der Waals surface area contributed by atoms with Crippen molar-refractivity contribution in [2.45, 2.75) is 40.2 Å². The smallest absolute Gasteiger partial charge is 0.328 e. The molecule has 0 aromatic heterocycles. The van der Waals surface area contributed by atoms with Crippen molar-refractivity contribution < 1.29 is 14.3 Å². The van der Waals surface area contributed by atoms with Crippen LogP contribution in [0.25, 0.3) is 0 Å². The molecule has 0 amide bonds. The minimum absolute atomic E-state index is 0.416. The molecule has 4 heteroatoms. The lowest BCUT2D eigenvalue weighted by atomic mass is 9.93. The van der Waals surface area contributed by atoms with Crippen LogP contribution in [0.1, 0.15) is 34.7 Å². The molecule has 0 radical (unpaired) electrons. The number of aryl methyl sites for hydroxylation is 2. The van der Waals surface area contributed by atoms with Crippen molar-refractivity contribution >= 4 is 5.97 Å². The zero-order valence-electron chi connectivity index (χ0n) is 15.0. The van der Waals surface area contributed by atoms with Crippen LogP contribution in [0.3, 0.4) is 0 Å². The van der Waals surface area contributed by atoms with E-state index in [1.807, 2.05) is 38.1 Å². The van der Waals surface area contributed by atoms with Crippen LogP contribution in [-0.2, 0) is 11.2 Å². The summed E-state index contributed by atoms with van der Waals surface area (Å²) in [5.74, 6) is 1.04. The van der Waals surface area contributed by atoms with Crippen molar-refractivity contribution in [3.05, 3.63) is 58.1 Å². The van der Waals surface area contributed by atoms with Gasteiger partial charge in [0.15, 0.2) is 0 Å². The summed E-state index contributed by atoms with van der Waals surface area (Å²) in [6, 6.07) is 9.40. The quantitative estimate of drug-likeness (QED) is 0.675. The van der Waals surface area contributed by atoms with Gasteiger partial charge < -0.3 is 15.2 Å². The topological polar surface area (TPSA) is 61.5 Å².